The highest BCUT2D eigenvalue weighted by Gasteiger charge is 1.99. The fraction of sp³-hybridized carbons (Fsp3) is 0.286. The molecule has 4 nitrogen and oxygen atoms in total. The van der Waals surface area contributed by atoms with E-state index in [4.69, 9.17) is 5.73 Å². The Kier molecular flexibility index (Phi) is 2.54. The van der Waals surface area contributed by atoms with Crippen LogP contribution in [0.4, 0.5) is 0 Å². The Morgan fingerprint density at radius 2 is 2.50 bits per heavy atom. The van der Waals surface area contributed by atoms with E-state index < -0.39 is 0 Å². The first-order valence-corrected chi connectivity index (χ1v) is 3.82. The minimum Gasteiger partial charge on any atom is -0.392 e. The Labute approximate surface area is 75.0 Å². The average Bonchev–Trinajstić information content (AvgIpc) is 1.98. The molecule has 1 aromatic heterocycles. The van der Waals surface area contributed by atoms with Gasteiger partial charge in [0.05, 0.1) is 11.5 Å². The molecule has 0 amide bonds. The molecule has 0 bridgehead atoms. The van der Waals surface area contributed by atoms with E-state index in [1.54, 1.807) is 19.3 Å². The molecule has 5 heteroatoms. The van der Waals surface area contributed by atoms with Gasteiger partial charge in [-0.2, -0.15) is 0 Å². The van der Waals surface area contributed by atoms with E-state index in [2.05, 4.69) is 17.2 Å². The smallest absolute Gasteiger partial charge is 0.272 e. The minimum atomic E-state index is -0.148. The second kappa shape index (κ2) is 3.44. The minimum absolute atomic E-state index is 0.148. The third kappa shape index (κ3) is 1.88. The zero-order valence-corrected chi connectivity index (χ0v) is 7.47. The lowest BCUT2D eigenvalue weighted by Gasteiger charge is -2.02. The van der Waals surface area contributed by atoms with Crippen LogP contribution in [0.25, 0.3) is 0 Å². The first-order valence-electron chi connectivity index (χ1n) is 3.41. The van der Waals surface area contributed by atoms with E-state index in [9.17, 15) is 4.79 Å². The van der Waals surface area contributed by atoms with E-state index in [-0.39, 0.29) is 12.1 Å². The summed E-state index contributed by atoms with van der Waals surface area (Å²) in [7, 11) is 0. The predicted octanol–water partition coefficient (Wildman–Crippen LogP) is -0.162. The van der Waals surface area contributed by atoms with Crippen LogP contribution in [0, 0.1) is 6.92 Å². The number of aromatic nitrogens is 2. The molecule has 12 heavy (non-hydrogen) atoms. The zero-order chi connectivity index (χ0) is 9.14. The Morgan fingerprint density at radius 1 is 1.83 bits per heavy atom. The number of nitrogens with two attached hydrogens (primary N) is 1. The Balaban J connectivity index is 3.09. The molecule has 1 heterocycles. The van der Waals surface area contributed by atoms with Gasteiger partial charge in [0.25, 0.3) is 5.56 Å². The summed E-state index contributed by atoms with van der Waals surface area (Å²) in [5, 5.41) is 0. The highest BCUT2D eigenvalue weighted by Crippen LogP contribution is 1.83. The van der Waals surface area contributed by atoms with Crippen molar-refractivity contribution in [3.63, 3.8) is 0 Å². The van der Waals surface area contributed by atoms with Crippen molar-refractivity contribution in [2.24, 2.45) is 5.73 Å². The first kappa shape index (κ1) is 8.86. The molecule has 0 aromatic carbocycles. The van der Waals surface area contributed by atoms with Gasteiger partial charge < -0.3 is 10.3 Å². The van der Waals surface area contributed by atoms with E-state index in [1.807, 2.05) is 0 Å². The summed E-state index contributed by atoms with van der Waals surface area (Å²) in [4.78, 5) is 15.4. The summed E-state index contributed by atoms with van der Waals surface area (Å²) in [6, 6.07) is 0. The molecule has 1 aromatic rings. The van der Waals surface area contributed by atoms with E-state index >= 15 is 0 Å². The molecule has 0 fully saturated rings. The SMILES string of the molecule is Cc1nccn(CC(N)=S)c1=O. The van der Waals surface area contributed by atoms with Gasteiger partial charge >= 0.3 is 0 Å². The van der Waals surface area contributed by atoms with Gasteiger partial charge in [-0.15, -0.1) is 0 Å². The topological polar surface area (TPSA) is 60.9 Å². The van der Waals surface area contributed by atoms with Crippen LogP contribution in [-0.2, 0) is 6.54 Å². The van der Waals surface area contributed by atoms with Crippen molar-refractivity contribution in [1.29, 1.82) is 0 Å². The highest BCUT2D eigenvalue weighted by molar-refractivity contribution is 7.80. The molecule has 0 saturated heterocycles. The van der Waals surface area contributed by atoms with Crippen molar-refractivity contribution in [2.45, 2.75) is 13.5 Å². The summed E-state index contributed by atoms with van der Waals surface area (Å²) in [5.74, 6) is 0. The fourth-order valence-corrected chi connectivity index (χ4v) is 0.988. The van der Waals surface area contributed by atoms with Crippen LogP contribution >= 0.6 is 12.2 Å². The van der Waals surface area contributed by atoms with Crippen molar-refractivity contribution in [2.75, 3.05) is 0 Å². The molecule has 0 aliphatic heterocycles. The second-order valence-electron chi connectivity index (χ2n) is 2.41. The molecule has 64 valence electrons. The Bertz CT molecular complexity index is 358. The molecule has 0 unspecified atom stereocenters. The maximum Gasteiger partial charge on any atom is 0.272 e. The van der Waals surface area contributed by atoms with Crippen molar-refractivity contribution >= 4 is 17.2 Å². The highest BCUT2D eigenvalue weighted by atomic mass is 32.1. The van der Waals surface area contributed by atoms with Gasteiger partial charge in [0, 0.05) is 12.4 Å². The van der Waals surface area contributed by atoms with Crippen LogP contribution in [0.15, 0.2) is 17.2 Å². The molecule has 2 N–H and O–H groups in total. The molecule has 0 radical (unpaired) electrons. The van der Waals surface area contributed by atoms with Crippen molar-refractivity contribution in [1.82, 2.24) is 9.55 Å². The molecule has 0 saturated carbocycles. The fourth-order valence-electron chi connectivity index (χ4n) is 0.849. The van der Waals surface area contributed by atoms with Gasteiger partial charge in [-0.3, -0.25) is 9.78 Å². The lowest BCUT2D eigenvalue weighted by molar-refractivity contribution is 0.779. The first-order chi connectivity index (χ1) is 5.61. The average molecular weight is 183 g/mol. The Hall–Kier alpha value is -1.23. The predicted molar refractivity (Wildman–Crippen MR) is 50.0 cm³/mol. The van der Waals surface area contributed by atoms with Crippen molar-refractivity contribution in [3.8, 4) is 0 Å². The normalized spacial score (nSPS) is 9.75. The zero-order valence-electron chi connectivity index (χ0n) is 6.65. The molecule has 0 atom stereocenters. The van der Waals surface area contributed by atoms with Crippen molar-refractivity contribution < 1.29 is 0 Å². The third-order valence-corrected chi connectivity index (χ3v) is 1.54. The Morgan fingerprint density at radius 3 is 3.08 bits per heavy atom. The van der Waals surface area contributed by atoms with E-state index in [1.165, 1.54) is 4.57 Å². The largest absolute Gasteiger partial charge is 0.392 e. The summed E-state index contributed by atoms with van der Waals surface area (Å²) in [6.45, 7) is 1.93. The summed E-state index contributed by atoms with van der Waals surface area (Å²) in [6.07, 6.45) is 3.11. The lowest BCUT2D eigenvalue weighted by Crippen LogP contribution is -2.28. The van der Waals surface area contributed by atoms with E-state index in [0.29, 0.717) is 10.7 Å². The molecule has 0 aliphatic rings. The number of rotatable bonds is 2. The summed E-state index contributed by atoms with van der Waals surface area (Å²) in [5.41, 5.74) is 5.60. The van der Waals surface area contributed by atoms with Crippen LogP contribution in [0.2, 0.25) is 0 Å². The third-order valence-electron chi connectivity index (χ3n) is 1.41. The maximum absolute atomic E-state index is 11.3. The van der Waals surface area contributed by atoms with Crippen LogP contribution in [0.3, 0.4) is 0 Å². The van der Waals surface area contributed by atoms with Gasteiger partial charge in [-0.25, -0.2) is 0 Å². The van der Waals surface area contributed by atoms with Crippen molar-refractivity contribution in [3.05, 3.63) is 28.4 Å². The number of aryl methyl sites for hydroxylation is 1. The van der Waals surface area contributed by atoms with Crippen LogP contribution in [0.1, 0.15) is 5.69 Å². The number of hydrogen-bond donors (Lipinski definition) is 1. The van der Waals surface area contributed by atoms with Gasteiger partial charge in [0.2, 0.25) is 0 Å². The number of hydrogen-bond acceptors (Lipinski definition) is 3. The molecule has 1 rings (SSSR count). The standard InChI is InChI=1S/C7H9N3OS/c1-5-7(11)10(3-2-9-5)4-6(8)12/h2-3H,4H2,1H3,(H2,8,12). The molecule has 0 aliphatic carbocycles. The van der Waals surface area contributed by atoms with Crippen LogP contribution in [-0.4, -0.2) is 14.5 Å². The quantitative estimate of drug-likeness (QED) is 0.647. The van der Waals surface area contributed by atoms with Gasteiger partial charge in [0.15, 0.2) is 0 Å². The summed E-state index contributed by atoms with van der Waals surface area (Å²) >= 11 is 4.68. The summed E-state index contributed by atoms with van der Waals surface area (Å²) < 4.78 is 1.44. The molecular formula is C7H9N3OS. The second-order valence-corrected chi connectivity index (χ2v) is 2.94. The van der Waals surface area contributed by atoms with Gasteiger partial charge in [0.1, 0.15) is 5.69 Å². The van der Waals surface area contributed by atoms with Gasteiger partial charge in [-0.1, -0.05) is 12.2 Å². The molecular weight excluding hydrogens is 174 g/mol. The van der Waals surface area contributed by atoms with Gasteiger partial charge in [-0.05, 0) is 6.92 Å². The lowest BCUT2D eigenvalue weighted by atomic mass is 10.5. The number of thiocarbonyl (C=S) groups is 1. The van der Waals surface area contributed by atoms with Crippen LogP contribution in [0.5, 0.6) is 0 Å². The van der Waals surface area contributed by atoms with Crippen LogP contribution < -0.4 is 11.3 Å². The monoisotopic (exact) mass is 183 g/mol. The van der Waals surface area contributed by atoms with E-state index in [0.717, 1.165) is 0 Å². The maximum atomic E-state index is 11.3. The number of nitrogens with zero attached hydrogens (tertiary/aromatic N) is 2. The molecule has 0 spiro atoms.